The second-order valence-corrected chi connectivity index (χ2v) is 7.32. The summed E-state index contributed by atoms with van der Waals surface area (Å²) in [5.41, 5.74) is 0.798. The predicted molar refractivity (Wildman–Crippen MR) is 103 cm³/mol. The van der Waals surface area contributed by atoms with E-state index in [-0.39, 0.29) is 11.7 Å². The van der Waals surface area contributed by atoms with Crippen molar-refractivity contribution in [3.8, 4) is 17.0 Å². The van der Waals surface area contributed by atoms with Gasteiger partial charge in [0.05, 0.1) is 12.8 Å². The number of aliphatic hydroxyl groups excluding tert-OH is 2. The molecule has 1 aromatic carbocycles. The molecule has 6 nitrogen and oxygen atoms in total. The highest BCUT2D eigenvalue weighted by Gasteiger charge is 2.55. The van der Waals surface area contributed by atoms with E-state index in [4.69, 9.17) is 9.47 Å². The first-order valence-corrected chi connectivity index (χ1v) is 9.53. The number of benzene rings is 1. The molecule has 1 aliphatic carbocycles. The molecule has 0 bridgehead atoms. The van der Waals surface area contributed by atoms with Gasteiger partial charge in [0, 0.05) is 29.3 Å². The molecular weight excluding hydrogens is 358 g/mol. The Labute approximate surface area is 163 Å². The minimum absolute atomic E-state index is 0.0941. The number of hydrogen-bond donors (Lipinski definition) is 2. The zero-order valence-electron chi connectivity index (χ0n) is 15.7. The maximum Gasteiger partial charge on any atom is 0.378 e. The van der Waals surface area contributed by atoms with Gasteiger partial charge in [-0.3, -0.25) is 4.98 Å². The van der Waals surface area contributed by atoms with Crippen molar-refractivity contribution in [3.05, 3.63) is 59.7 Å². The van der Waals surface area contributed by atoms with Gasteiger partial charge in [-0.1, -0.05) is 37.5 Å². The van der Waals surface area contributed by atoms with Crippen molar-refractivity contribution in [2.24, 2.45) is 5.92 Å². The zero-order valence-corrected chi connectivity index (χ0v) is 15.7. The summed E-state index contributed by atoms with van der Waals surface area (Å²) in [5, 5.41) is 20.9. The molecule has 2 aliphatic rings. The Hall–Kier alpha value is -3.02. The average Bonchev–Trinajstić information content (AvgIpc) is 2.99. The van der Waals surface area contributed by atoms with Crippen molar-refractivity contribution in [1.29, 1.82) is 0 Å². The number of esters is 1. The van der Waals surface area contributed by atoms with Crippen molar-refractivity contribution in [1.82, 2.24) is 4.98 Å². The lowest BCUT2D eigenvalue weighted by molar-refractivity contribution is -0.157. The summed E-state index contributed by atoms with van der Waals surface area (Å²) in [4.78, 5) is 16.5. The van der Waals surface area contributed by atoms with Gasteiger partial charge in [-0.2, -0.15) is 0 Å². The van der Waals surface area contributed by atoms with Crippen molar-refractivity contribution in [2.75, 3.05) is 7.11 Å². The average molecular weight is 381 g/mol. The highest BCUT2D eigenvalue weighted by Crippen LogP contribution is 2.50. The smallest absolute Gasteiger partial charge is 0.378 e. The van der Waals surface area contributed by atoms with Gasteiger partial charge in [-0.15, -0.1) is 0 Å². The summed E-state index contributed by atoms with van der Waals surface area (Å²) < 4.78 is 11.0. The number of ether oxygens (including phenoxy) is 2. The van der Waals surface area contributed by atoms with Gasteiger partial charge in [-0.25, -0.2) is 4.79 Å². The topological polar surface area (TPSA) is 88.9 Å². The molecule has 0 spiro atoms. The van der Waals surface area contributed by atoms with E-state index < -0.39 is 17.3 Å². The molecule has 1 fully saturated rings. The molecule has 1 atom stereocenters. The third kappa shape index (κ3) is 2.89. The summed E-state index contributed by atoms with van der Waals surface area (Å²) in [5.74, 6) is -1.38. The number of pyridine rings is 1. The van der Waals surface area contributed by atoms with Gasteiger partial charge in [0.2, 0.25) is 11.4 Å². The Morgan fingerprint density at radius 2 is 1.93 bits per heavy atom. The Kier molecular flexibility index (Phi) is 4.71. The molecule has 2 N–H and O–H groups in total. The molecular formula is C22H23NO5. The van der Waals surface area contributed by atoms with Gasteiger partial charge in [-0.05, 0) is 25.0 Å². The van der Waals surface area contributed by atoms with E-state index >= 15 is 0 Å². The first kappa shape index (κ1) is 18.3. The Morgan fingerprint density at radius 3 is 2.61 bits per heavy atom. The molecule has 0 saturated heterocycles. The van der Waals surface area contributed by atoms with E-state index in [9.17, 15) is 15.0 Å². The van der Waals surface area contributed by atoms with Crippen molar-refractivity contribution < 1.29 is 24.5 Å². The van der Waals surface area contributed by atoms with E-state index in [1.165, 1.54) is 0 Å². The van der Waals surface area contributed by atoms with E-state index in [0.29, 0.717) is 17.0 Å². The molecule has 1 unspecified atom stereocenters. The highest BCUT2D eigenvalue weighted by atomic mass is 16.6. The zero-order chi connectivity index (χ0) is 19.7. The Morgan fingerprint density at radius 1 is 1.14 bits per heavy atom. The highest BCUT2D eigenvalue weighted by molar-refractivity contribution is 5.90. The van der Waals surface area contributed by atoms with Gasteiger partial charge < -0.3 is 19.7 Å². The number of cyclic esters (lactones) is 1. The van der Waals surface area contributed by atoms with Gasteiger partial charge in [0.1, 0.15) is 5.75 Å². The van der Waals surface area contributed by atoms with Crippen molar-refractivity contribution in [2.45, 2.75) is 37.7 Å². The summed E-state index contributed by atoms with van der Waals surface area (Å²) in [7, 11) is 1.59. The van der Waals surface area contributed by atoms with Crippen LogP contribution in [0.15, 0.2) is 54.1 Å². The number of aliphatic hydroxyl groups is 2. The third-order valence-corrected chi connectivity index (χ3v) is 5.76. The monoisotopic (exact) mass is 381 g/mol. The molecule has 4 rings (SSSR count). The van der Waals surface area contributed by atoms with Crippen LogP contribution in [0, 0.1) is 5.92 Å². The quantitative estimate of drug-likeness (QED) is 0.762. The lowest BCUT2D eigenvalue weighted by atomic mass is 9.72. The van der Waals surface area contributed by atoms with Crippen LogP contribution in [-0.4, -0.2) is 28.3 Å². The van der Waals surface area contributed by atoms with Crippen LogP contribution in [0.25, 0.3) is 11.3 Å². The van der Waals surface area contributed by atoms with Crippen molar-refractivity contribution >= 4 is 5.97 Å². The Bertz CT molecular complexity index is 932. The number of carbonyl (C=O) groups is 1. The summed E-state index contributed by atoms with van der Waals surface area (Å²) in [6, 6.07) is 11.0. The maximum atomic E-state index is 12.1. The molecule has 6 heteroatoms. The number of rotatable bonds is 4. The molecule has 1 saturated carbocycles. The molecule has 2 heterocycles. The molecule has 2 aromatic rings. The van der Waals surface area contributed by atoms with E-state index in [2.05, 4.69) is 4.98 Å². The molecule has 0 amide bonds. The maximum absolute atomic E-state index is 12.1. The van der Waals surface area contributed by atoms with E-state index in [1.54, 1.807) is 19.4 Å². The number of hydrogen-bond acceptors (Lipinski definition) is 6. The van der Waals surface area contributed by atoms with Crippen molar-refractivity contribution in [3.63, 3.8) is 0 Å². The van der Waals surface area contributed by atoms with Crippen LogP contribution in [0.2, 0.25) is 0 Å². The van der Waals surface area contributed by atoms with Crippen LogP contribution < -0.4 is 4.74 Å². The summed E-state index contributed by atoms with van der Waals surface area (Å²) in [6.07, 6.45) is 6.39. The van der Waals surface area contributed by atoms with Crippen LogP contribution >= 0.6 is 0 Å². The number of aromatic nitrogens is 1. The van der Waals surface area contributed by atoms with E-state index in [1.807, 2.05) is 30.3 Å². The van der Waals surface area contributed by atoms with Gasteiger partial charge >= 0.3 is 5.97 Å². The van der Waals surface area contributed by atoms with E-state index in [0.717, 1.165) is 37.7 Å². The second kappa shape index (κ2) is 7.19. The Balaban J connectivity index is 1.83. The van der Waals surface area contributed by atoms with Crippen LogP contribution in [0.4, 0.5) is 0 Å². The van der Waals surface area contributed by atoms with Gasteiger partial charge in [0.15, 0.2) is 5.76 Å². The summed E-state index contributed by atoms with van der Waals surface area (Å²) >= 11 is 0. The minimum Gasteiger partial charge on any atom is -0.505 e. The largest absolute Gasteiger partial charge is 0.505 e. The van der Waals surface area contributed by atoms with Crippen LogP contribution in [0.1, 0.15) is 37.7 Å². The molecule has 1 aliphatic heterocycles. The van der Waals surface area contributed by atoms with Crippen LogP contribution in [0.3, 0.4) is 0 Å². The van der Waals surface area contributed by atoms with Crippen LogP contribution in [0.5, 0.6) is 5.75 Å². The number of methoxy groups -OCH3 is 1. The predicted octanol–water partition coefficient (Wildman–Crippen LogP) is 4.42. The number of nitrogens with zero attached hydrogens (tertiary/aromatic N) is 1. The molecule has 1 aromatic heterocycles. The number of carbonyl (C=O) groups excluding carboxylic acids is 1. The lowest BCUT2D eigenvalue weighted by Crippen LogP contribution is -2.39. The second-order valence-electron chi connectivity index (χ2n) is 7.32. The third-order valence-electron chi connectivity index (χ3n) is 5.76. The fourth-order valence-corrected chi connectivity index (χ4v) is 4.34. The SMILES string of the molecule is COc1ccnc(-c2cccc(C3(C4CCCCC4)OC(=O)C(O)=C3O)c2)c1. The normalized spacial score (nSPS) is 23.0. The van der Waals surface area contributed by atoms with Gasteiger partial charge in [0.25, 0.3) is 0 Å². The first-order valence-electron chi connectivity index (χ1n) is 9.53. The minimum atomic E-state index is -1.35. The summed E-state index contributed by atoms with van der Waals surface area (Å²) in [6.45, 7) is 0. The fourth-order valence-electron chi connectivity index (χ4n) is 4.34. The molecule has 146 valence electrons. The fraction of sp³-hybridized carbons (Fsp3) is 0.364. The first-order chi connectivity index (χ1) is 13.6. The molecule has 28 heavy (non-hydrogen) atoms. The standard InChI is InChI=1S/C22H23NO5/c1-27-17-10-11-23-18(13-17)14-6-5-9-16(12-14)22(15-7-3-2-4-8-15)20(25)19(24)21(26)28-22/h5-6,9-13,15,24-25H,2-4,7-8H2,1H3. The molecule has 0 radical (unpaired) electrons. The lowest BCUT2D eigenvalue weighted by Gasteiger charge is -2.38. The van der Waals surface area contributed by atoms with Crippen LogP contribution in [-0.2, 0) is 15.1 Å².